The van der Waals surface area contributed by atoms with E-state index in [1.54, 1.807) is 0 Å². The highest BCUT2D eigenvalue weighted by Crippen LogP contribution is 2.23. The predicted octanol–water partition coefficient (Wildman–Crippen LogP) is 15.8. The van der Waals surface area contributed by atoms with E-state index in [0.29, 0.717) is 31.1 Å². The Morgan fingerprint density at radius 2 is 0.877 bits per heavy atom. The standard InChI is InChI=1S/C10H21N3.C10H19N.C9H18N2.C7H15N.C6H13NO.C6H13N.C4H10.C3H8/c1-8(2)11-7-9(3)12-13-10(4,5)6;1-8(2)11-7-9(3)10(4,5)6;1-7(2)10-6-9(5)11-8(3)4;1-6(2)5-8-7(3)4;1-5(2)7-8-6(3)4;1-5(2)7-6(3)4;1-4(2)3;1-3-2/h12-13H,3,7H2,1-2,4-6H3;3,7H2,1-2,4-6H3;8,11H,5-6H2,1-4H3;6H,5H2,1-4H3;6H,1-4H3;5H,1-4H3;4H,1-3H3;3H2,1-2H3. The molecule has 0 aliphatic rings. The van der Waals surface area contributed by atoms with Crippen LogP contribution in [0.3, 0.4) is 0 Å². The number of nitrogens with one attached hydrogen (secondary N) is 3. The molecule has 0 rings (SSSR count). The fourth-order valence-electron chi connectivity index (χ4n) is 2.86. The maximum atomic E-state index is 4.89. The maximum absolute atomic E-state index is 4.89. The Kier molecular flexibility index (Phi) is 60.6. The Bertz CT molecular complexity index is 1280. The first-order valence-corrected chi connectivity index (χ1v) is 24.1. The summed E-state index contributed by atoms with van der Waals surface area (Å²) < 4.78 is 0. The summed E-state index contributed by atoms with van der Waals surface area (Å²) in [6.07, 6.45) is 1.45. The fraction of sp³-hybridized carbons (Fsp3) is 0.782. The van der Waals surface area contributed by atoms with Crippen LogP contribution in [0.1, 0.15) is 221 Å². The third-order valence-electron chi connectivity index (χ3n) is 5.66. The first-order chi connectivity index (χ1) is 29.2. The van der Waals surface area contributed by atoms with Gasteiger partial charge in [0.05, 0.1) is 25.3 Å². The smallest absolute Gasteiger partial charge is 0.122 e. The van der Waals surface area contributed by atoms with E-state index < -0.39 is 0 Å². The molecule has 0 aromatic carbocycles. The van der Waals surface area contributed by atoms with Gasteiger partial charge in [-0.1, -0.05) is 106 Å². The van der Waals surface area contributed by atoms with E-state index in [9.17, 15) is 0 Å². The van der Waals surface area contributed by atoms with E-state index in [4.69, 9.17) is 4.84 Å². The number of oxime groups is 1. The van der Waals surface area contributed by atoms with Crippen LogP contribution in [0.15, 0.2) is 66.8 Å². The van der Waals surface area contributed by atoms with Crippen molar-refractivity contribution in [3.8, 4) is 0 Å². The molecule has 0 fully saturated rings. The van der Waals surface area contributed by atoms with Gasteiger partial charge in [0.2, 0.25) is 0 Å². The number of rotatable bonds is 15. The lowest BCUT2D eigenvalue weighted by Gasteiger charge is -2.22. The zero-order valence-electron chi connectivity index (χ0n) is 49.6. The van der Waals surface area contributed by atoms with Gasteiger partial charge in [-0.15, -0.1) is 0 Å². The number of hydrazine groups is 1. The molecule has 0 bridgehead atoms. The molecule has 0 radical (unpaired) electrons. The van der Waals surface area contributed by atoms with Crippen molar-refractivity contribution < 1.29 is 4.84 Å². The normalized spacial score (nSPS) is 9.78. The Labute approximate surface area is 408 Å². The van der Waals surface area contributed by atoms with Gasteiger partial charge >= 0.3 is 0 Å². The van der Waals surface area contributed by atoms with Crippen LogP contribution >= 0.6 is 0 Å². The Balaban J connectivity index is -0.0000000980. The molecule has 0 aromatic heterocycles. The zero-order valence-corrected chi connectivity index (χ0v) is 49.6. The van der Waals surface area contributed by atoms with Crippen LogP contribution in [0, 0.1) is 17.3 Å². The average molecular weight is 921 g/mol. The molecule has 0 aromatic rings. The molecule has 10 nitrogen and oxygen atoms in total. The molecule has 0 amide bonds. The van der Waals surface area contributed by atoms with Gasteiger partial charge in [-0.2, -0.15) is 0 Å². The molecule has 0 unspecified atom stereocenters. The lowest BCUT2D eigenvalue weighted by molar-refractivity contribution is 0.0857. The van der Waals surface area contributed by atoms with E-state index in [0.717, 1.165) is 59.0 Å². The van der Waals surface area contributed by atoms with Crippen molar-refractivity contribution in [1.29, 1.82) is 0 Å². The summed E-state index contributed by atoms with van der Waals surface area (Å²) in [5.41, 5.74) is 16.0. The summed E-state index contributed by atoms with van der Waals surface area (Å²) in [6, 6.07) is 0.917. The second-order valence-corrected chi connectivity index (χ2v) is 21.1. The topological polar surface area (TPSA) is 119 Å². The van der Waals surface area contributed by atoms with Gasteiger partial charge in [0, 0.05) is 64.1 Å². The zero-order chi connectivity index (χ0) is 53.7. The second kappa shape index (κ2) is 50.0. The largest absolute Gasteiger partial charge is 0.393 e. The number of aliphatic imine (C=N–C) groups is 5. The molecule has 0 heterocycles. The molecule has 10 heteroatoms. The quantitative estimate of drug-likeness (QED) is 0.0861. The summed E-state index contributed by atoms with van der Waals surface area (Å²) in [5, 5.41) is 6.94. The summed E-state index contributed by atoms with van der Waals surface area (Å²) in [5.74, 6) is 1.53. The maximum Gasteiger partial charge on any atom is 0.122 e. The highest BCUT2D eigenvalue weighted by atomic mass is 16.6. The summed E-state index contributed by atoms with van der Waals surface area (Å²) in [4.78, 5) is 26.1. The van der Waals surface area contributed by atoms with Crippen LogP contribution in [-0.2, 0) is 4.84 Å². The summed E-state index contributed by atoms with van der Waals surface area (Å²) >= 11 is 0. The molecule has 0 aliphatic carbocycles. The predicted molar refractivity (Wildman–Crippen MR) is 306 cm³/mol. The van der Waals surface area contributed by atoms with E-state index in [1.165, 1.54) is 17.7 Å². The molecule has 0 saturated carbocycles. The summed E-state index contributed by atoms with van der Waals surface area (Å²) in [6.45, 7) is 78.7. The highest BCUT2D eigenvalue weighted by molar-refractivity contribution is 5.80. The molecule has 3 N–H and O–H groups in total. The van der Waals surface area contributed by atoms with Gasteiger partial charge in [-0.05, 0) is 163 Å². The van der Waals surface area contributed by atoms with E-state index >= 15 is 0 Å². The van der Waals surface area contributed by atoms with E-state index in [-0.39, 0.29) is 17.1 Å². The van der Waals surface area contributed by atoms with E-state index in [2.05, 4.69) is 184 Å². The van der Waals surface area contributed by atoms with Gasteiger partial charge in [0.25, 0.3) is 0 Å². The van der Waals surface area contributed by atoms with E-state index in [1.807, 2.05) is 96.9 Å². The van der Waals surface area contributed by atoms with Crippen LogP contribution in [0.2, 0.25) is 0 Å². The van der Waals surface area contributed by atoms with Crippen molar-refractivity contribution in [1.82, 2.24) is 16.2 Å². The minimum absolute atomic E-state index is 0.0495. The monoisotopic (exact) mass is 920 g/mol. The van der Waals surface area contributed by atoms with Crippen molar-refractivity contribution in [2.24, 2.45) is 47.4 Å². The first kappa shape index (κ1) is 78.7. The van der Waals surface area contributed by atoms with Crippen LogP contribution in [-0.4, -0.2) is 84.2 Å². The third-order valence-corrected chi connectivity index (χ3v) is 5.66. The SMILES string of the molecule is C=C(CN=C(C)C)C(C)(C)C.C=C(CN=C(C)C)NC(C)C.C=C(CN=C(C)C)NNC(C)(C)C.CC(C)=NC(C)C.CC(C)=NCC(C)C.CC(C)=NOC(C)C.CC(C)C.CCC. The molecular formula is C55H117N9O. The average Bonchev–Trinajstić information content (AvgIpc) is 3.09. The molecule has 388 valence electrons. The number of hydrogen-bond acceptors (Lipinski definition) is 10. The third kappa shape index (κ3) is 120. The van der Waals surface area contributed by atoms with Crippen molar-refractivity contribution in [3.05, 3.63) is 36.7 Å². The van der Waals surface area contributed by atoms with Gasteiger partial charge in [-0.25, -0.2) is 5.43 Å². The highest BCUT2D eigenvalue weighted by Gasteiger charge is 2.13. The second-order valence-electron chi connectivity index (χ2n) is 21.1. The van der Waals surface area contributed by atoms with Crippen molar-refractivity contribution in [2.75, 3.05) is 26.2 Å². The van der Waals surface area contributed by atoms with Crippen LogP contribution in [0.25, 0.3) is 0 Å². The van der Waals surface area contributed by atoms with Crippen LogP contribution in [0.5, 0.6) is 0 Å². The summed E-state index contributed by atoms with van der Waals surface area (Å²) in [7, 11) is 0. The van der Waals surface area contributed by atoms with Crippen molar-refractivity contribution >= 4 is 34.3 Å². The van der Waals surface area contributed by atoms with Gasteiger partial charge in [0.15, 0.2) is 0 Å². The van der Waals surface area contributed by atoms with Gasteiger partial charge in [0.1, 0.15) is 6.10 Å². The van der Waals surface area contributed by atoms with Gasteiger partial charge in [-0.3, -0.25) is 25.0 Å². The van der Waals surface area contributed by atoms with Crippen LogP contribution in [0.4, 0.5) is 0 Å². The minimum Gasteiger partial charge on any atom is -0.393 e. The Morgan fingerprint density at radius 1 is 0.523 bits per heavy atom. The molecule has 0 spiro atoms. The molecule has 0 atom stereocenters. The Hall–Kier alpha value is -3.40. The molecule has 65 heavy (non-hydrogen) atoms. The fourth-order valence-corrected chi connectivity index (χ4v) is 2.86. The van der Waals surface area contributed by atoms with Crippen molar-refractivity contribution in [2.45, 2.75) is 245 Å². The van der Waals surface area contributed by atoms with Gasteiger partial charge < -0.3 is 15.6 Å². The van der Waals surface area contributed by atoms with Crippen LogP contribution < -0.4 is 16.2 Å². The number of nitrogens with zero attached hydrogens (tertiary/aromatic N) is 6. The number of hydrogen-bond donors (Lipinski definition) is 3. The minimum atomic E-state index is 0.0495. The van der Waals surface area contributed by atoms with Crippen molar-refractivity contribution in [3.63, 3.8) is 0 Å². The Morgan fingerprint density at radius 3 is 1.08 bits per heavy atom. The lowest BCUT2D eigenvalue weighted by Crippen LogP contribution is -2.45. The first-order valence-electron chi connectivity index (χ1n) is 24.1. The molecular weight excluding hydrogens is 803 g/mol. The lowest BCUT2D eigenvalue weighted by atomic mass is 9.88. The molecule has 0 saturated heterocycles. The molecule has 0 aliphatic heterocycles.